The first-order valence-electron chi connectivity index (χ1n) is 4.98. The minimum atomic E-state index is 0.315. The summed E-state index contributed by atoms with van der Waals surface area (Å²) in [5.41, 5.74) is 0. The van der Waals surface area contributed by atoms with Crippen LogP contribution < -0.4 is 5.32 Å². The van der Waals surface area contributed by atoms with Crippen molar-refractivity contribution in [3.8, 4) is 0 Å². The Hall–Kier alpha value is -0.220. The van der Waals surface area contributed by atoms with Crippen LogP contribution in [0.15, 0.2) is 0 Å². The molecule has 2 aliphatic heterocycles. The Morgan fingerprint density at radius 2 is 2.31 bits per heavy atom. The molecule has 0 aromatic rings. The molecule has 74 valence electrons. The number of thioether (sulfide) groups is 1. The number of amides is 1. The Balaban J connectivity index is 1.97. The Morgan fingerprint density at radius 1 is 1.38 bits per heavy atom. The molecule has 1 atom stereocenters. The predicted molar refractivity (Wildman–Crippen MR) is 54.4 cm³/mol. The summed E-state index contributed by atoms with van der Waals surface area (Å²) >= 11 is 1.88. The number of rotatable bonds is 1. The molecule has 4 heteroatoms. The van der Waals surface area contributed by atoms with Crippen LogP contribution in [-0.4, -0.2) is 35.1 Å². The molecule has 1 unspecified atom stereocenters. The maximum absolute atomic E-state index is 11.7. The summed E-state index contributed by atoms with van der Waals surface area (Å²) in [6, 6.07) is 0. The summed E-state index contributed by atoms with van der Waals surface area (Å²) in [5.74, 6) is 2.40. The molecule has 0 saturated carbocycles. The first-order chi connectivity index (χ1) is 6.38. The lowest BCUT2D eigenvalue weighted by molar-refractivity contribution is -0.132. The van der Waals surface area contributed by atoms with E-state index in [1.165, 1.54) is 12.8 Å². The first kappa shape index (κ1) is 9.34. The molecular weight excluding hydrogens is 184 g/mol. The van der Waals surface area contributed by atoms with Crippen molar-refractivity contribution in [1.29, 1.82) is 0 Å². The predicted octanol–water partition coefficient (Wildman–Crippen LogP) is 1.01. The zero-order valence-electron chi connectivity index (χ0n) is 7.79. The molecule has 1 N–H and O–H groups in total. The number of nitrogens with one attached hydrogen (secondary N) is 1. The van der Waals surface area contributed by atoms with E-state index in [4.69, 9.17) is 0 Å². The third-order valence-electron chi connectivity index (χ3n) is 2.68. The standard InChI is InChI=1S/C9H16N2OS/c12-9-4-2-1-3-5-11(9)8-6-13-7-10-8/h8,10H,1-7H2. The molecule has 2 aliphatic rings. The van der Waals surface area contributed by atoms with E-state index >= 15 is 0 Å². The summed E-state index contributed by atoms with van der Waals surface area (Å²) in [5, 5.41) is 3.35. The van der Waals surface area contributed by atoms with Crippen molar-refractivity contribution < 1.29 is 4.79 Å². The van der Waals surface area contributed by atoms with Gasteiger partial charge in [-0.15, -0.1) is 11.8 Å². The van der Waals surface area contributed by atoms with Gasteiger partial charge in [0.05, 0.1) is 6.17 Å². The summed E-state index contributed by atoms with van der Waals surface area (Å²) in [6.07, 6.45) is 4.53. The van der Waals surface area contributed by atoms with Gasteiger partial charge in [-0.05, 0) is 12.8 Å². The van der Waals surface area contributed by atoms with Crippen molar-refractivity contribution in [1.82, 2.24) is 10.2 Å². The largest absolute Gasteiger partial charge is 0.326 e. The van der Waals surface area contributed by atoms with Gasteiger partial charge < -0.3 is 4.90 Å². The third-order valence-corrected chi connectivity index (χ3v) is 3.61. The summed E-state index contributed by atoms with van der Waals surface area (Å²) in [6.45, 7) is 0.955. The number of carbonyl (C=O) groups excluding carboxylic acids is 1. The van der Waals surface area contributed by atoms with Gasteiger partial charge in [0.25, 0.3) is 0 Å². The van der Waals surface area contributed by atoms with Crippen molar-refractivity contribution in [2.45, 2.75) is 31.8 Å². The van der Waals surface area contributed by atoms with Crippen LogP contribution in [-0.2, 0) is 4.79 Å². The van der Waals surface area contributed by atoms with Gasteiger partial charge in [0, 0.05) is 24.6 Å². The first-order valence-corrected chi connectivity index (χ1v) is 6.14. The maximum Gasteiger partial charge on any atom is 0.223 e. The van der Waals surface area contributed by atoms with Crippen LogP contribution in [0.1, 0.15) is 25.7 Å². The fourth-order valence-corrected chi connectivity index (χ4v) is 2.87. The lowest BCUT2D eigenvalue weighted by Gasteiger charge is -2.26. The SMILES string of the molecule is O=C1CCCCCN1C1CSCN1. The van der Waals surface area contributed by atoms with Crippen LogP contribution in [0.25, 0.3) is 0 Å². The Morgan fingerprint density at radius 3 is 3.08 bits per heavy atom. The molecule has 1 amide bonds. The molecule has 2 heterocycles. The van der Waals surface area contributed by atoms with Crippen LogP contribution in [0.5, 0.6) is 0 Å². The minimum absolute atomic E-state index is 0.315. The molecule has 3 nitrogen and oxygen atoms in total. The van der Waals surface area contributed by atoms with Gasteiger partial charge in [0.2, 0.25) is 5.91 Å². The van der Waals surface area contributed by atoms with Crippen molar-refractivity contribution in [3.05, 3.63) is 0 Å². The topological polar surface area (TPSA) is 32.3 Å². The molecule has 0 bridgehead atoms. The van der Waals surface area contributed by atoms with Gasteiger partial charge in [-0.1, -0.05) is 6.42 Å². The Bertz CT molecular complexity index is 192. The number of nitrogens with zero attached hydrogens (tertiary/aromatic N) is 1. The van der Waals surface area contributed by atoms with E-state index in [2.05, 4.69) is 5.32 Å². The maximum atomic E-state index is 11.7. The second-order valence-electron chi connectivity index (χ2n) is 3.63. The highest BCUT2D eigenvalue weighted by Gasteiger charge is 2.26. The van der Waals surface area contributed by atoms with Gasteiger partial charge in [0.15, 0.2) is 0 Å². The second-order valence-corrected chi connectivity index (χ2v) is 4.66. The Labute approximate surface area is 83.2 Å². The average Bonchev–Trinajstić information content (AvgIpc) is 2.56. The van der Waals surface area contributed by atoms with Crippen molar-refractivity contribution in [2.24, 2.45) is 0 Å². The number of hydrogen-bond donors (Lipinski definition) is 1. The summed E-state index contributed by atoms with van der Waals surface area (Å²) in [7, 11) is 0. The molecule has 13 heavy (non-hydrogen) atoms. The third kappa shape index (κ3) is 2.17. The fourth-order valence-electron chi connectivity index (χ4n) is 1.92. The molecule has 2 saturated heterocycles. The molecule has 0 aliphatic carbocycles. The molecular formula is C9H16N2OS. The highest BCUT2D eigenvalue weighted by atomic mass is 32.2. The van der Waals surface area contributed by atoms with Crippen LogP contribution in [0.3, 0.4) is 0 Å². The second kappa shape index (κ2) is 4.33. The zero-order valence-corrected chi connectivity index (χ0v) is 8.61. The minimum Gasteiger partial charge on any atom is -0.326 e. The van der Waals surface area contributed by atoms with Crippen molar-refractivity contribution >= 4 is 17.7 Å². The smallest absolute Gasteiger partial charge is 0.223 e. The van der Waals surface area contributed by atoms with E-state index in [0.29, 0.717) is 12.1 Å². The van der Waals surface area contributed by atoms with Gasteiger partial charge in [-0.25, -0.2) is 0 Å². The van der Waals surface area contributed by atoms with Crippen LogP contribution in [0, 0.1) is 0 Å². The van der Waals surface area contributed by atoms with Gasteiger partial charge in [0.1, 0.15) is 0 Å². The monoisotopic (exact) mass is 200 g/mol. The van der Waals surface area contributed by atoms with Crippen LogP contribution in [0.4, 0.5) is 0 Å². The fraction of sp³-hybridized carbons (Fsp3) is 0.889. The van der Waals surface area contributed by atoms with Crippen LogP contribution >= 0.6 is 11.8 Å². The highest BCUT2D eigenvalue weighted by Crippen LogP contribution is 2.18. The molecule has 0 spiro atoms. The van der Waals surface area contributed by atoms with E-state index in [1.807, 2.05) is 16.7 Å². The van der Waals surface area contributed by atoms with Crippen LogP contribution in [0.2, 0.25) is 0 Å². The number of hydrogen-bond acceptors (Lipinski definition) is 3. The zero-order chi connectivity index (χ0) is 9.10. The van der Waals surface area contributed by atoms with Gasteiger partial charge in [-0.2, -0.15) is 0 Å². The van der Waals surface area contributed by atoms with E-state index < -0.39 is 0 Å². The molecule has 2 rings (SSSR count). The molecule has 0 aromatic heterocycles. The molecule has 0 aromatic carbocycles. The molecule has 2 fully saturated rings. The lowest BCUT2D eigenvalue weighted by Crippen LogP contribution is -2.46. The lowest BCUT2D eigenvalue weighted by atomic mass is 10.2. The van der Waals surface area contributed by atoms with Gasteiger partial charge >= 0.3 is 0 Å². The quantitative estimate of drug-likeness (QED) is 0.685. The molecule has 0 radical (unpaired) electrons. The van der Waals surface area contributed by atoms with E-state index in [0.717, 1.165) is 31.0 Å². The average molecular weight is 200 g/mol. The number of carbonyl (C=O) groups is 1. The summed E-state index contributed by atoms with van der Waals surface area (Å²) < 4.78 is 0. The Kier molecular flexibility index (Phi) is 3.11. The summed E-state index contributed by atoms with van der Waals surface area (Å²) in [4.78, 5) is 13.7. The van der Waals surface area contributed by atoms with Crippen molar-refractivity contribution in [2.75, 3.05) is 18.2 Å². The van der Waals surface area contributed by atoms with Gasteiger partial charge in [-0.3, -0.25) is 10.1 Å². The van der Waals surface area contributed by atoms with E-state index in [1.54, 1.807) is 0 Å². The van der Waals surface area contributed by atoms with Crippen molar-refractivity contribution in [3.63, 3.8) is 0 Å². The normalized spacial score (nSPS) is 30.6. The highest BCUT2D eigenvalue weighted by molar-refractivity contribution is 7.99. The van der Waals surface area contributed by atoms with E-state index in [-0.39, 0.29) is 0 Å². The van der Waals surface area contributed by atoms with E-state index in [9.17, 15) is 4.79 Å². The number of likely N-dealkylation sites (tertiary alicyclic amines) is 1.